The molecular formula is C12H14FNO7S. The number of hydrogen-bond donors (Lipinski definition) is 1. The number of benzene rings is 1. The van der Waals surface area contributed by atoms with Crippen LogP contribution in [0.3, 0.4) is 0 Å². The molecule has 2 amide bonds. The van der Waals surface area contributed by atoms with Crippen molar-refractivity contribution in [2.75, 3.05) is 7.11 Å². The van der Waals surface area contributed by atoms with E-state index in [4.69, 9.17) is 9.47 Å². The molecule has 0 bridgehead atoms. The number of rotatable bonds is 5. The number of ether oxygens (including phenoxy) is 2. The van der Waals surface area contributed by atoms with Crippen LogP contribution >= 0.6 is 0 Å². The normalized spacial score (nSPS) is 18.5. The molecule has 1 fully saturated rings. The van der Waals surface area contributed by atoms with Crippen molar-refractivity contribution in [2.45, 2.75) is 18.9 Å². The molecule has 1 aromatic rings. The van der Waals surface area contributed by atoms with Gasteiger partial charge in [0, 0.05) is 20.3 Å². The number of imide groups is 1. The second-order valence-corrected chi connectivity index (χ2v) is 5.30. The van der Waals surface area contributed by atoms with E-state index < -0.39 is 34.2 Å². The summed E-state index contributed by atoms with van der Waals surface area (Å²) in [5.74, 6) is -1.39. The molecule has 1 N–H and O–H groups in total. The zero-order valence-corrected chi connectivity index (χ0v) is 12.2. The average Bonchev–Trinajstić information content (AvgIpc) is 2.40. The molecule has 0 radical (unpaired) electrons. The van der Waals surface area contributed by atoms with Crippen LogP contribution in [-0.2, 0) is 20.1 Å². The van der Waals surface area contributed by atoms with Crippen molar-refractivity contribution in [1.29, 1.82) is 0 Å². The molecular weight excluding hydrogens is 321 g/mol. The van der Waals surface area contributed by atoms with Crippen molar-refractivity contribution < 1.29 is 37.0 Å². The smallest absolute Gasteiger partial charge is 0.488 e. The lowest BCUT2D eigenvalue weighted by atomic mass is 10.1. The highest BCUT2D eigenvalue weighted by molar-refractivity contribution is 7.81. The first-order valence-corrected chi connectivity index (χ1v) is 7.42. The van der Waals surface area contributed by atoms with Crippen molar-refractivity contribution >= 4 is 22.3 Å². The predicted octanol–water partition coefficient (Wildman–Crippen LogP) is 0.718. The molecule has 1 saturated heterocycles. The van der Waals surface area contributed by atoms with Gasteiger partial charge in [-0.15, -0.1) is 0 Å². The number of carbonyl (C=O) groups excluding carboxylic acids is 2. The third kappa shape index (κ3) is 4.07. The quantitative estimate of drug-likeness (QED) is 0.624. The second kappa shape index (κ2) is 6.18. The molecule has 1 atom stereocenters. The van der Waals surface area contributed by atoms with Gasteiger partial charge in [-0.1, -0.05) is 3.89 Å². The Morgan fingerprint density at radius 3 is 2.64 bits per heavy atom. The van der Waals surface area contributed by atoms with E-state index in [0.717, 1.165) is 6.07 Å². The monoisotopic (exact) mass is 335 g/mol. The van der Waals surface area contributed by atoms with Crippen LogP contribution in [0.5, 0.6) is 17.2 Å². The van der Waals surface area contributed by atoms with Gasteiger partial charge in [-0.3, -0.25) is 14.9 Å². The van der Waals surface area contributed by atoms with Gasteiger partial charge in [-0.2, -0.15) is 8.42 Å². The van der Waals surface area contributed by atoms with Crippen molar-refractivity contribution in [1.82, 2.24) is 5.32 Å². The van der Waals surface area contributed by atoms with Crippen molar-refractivity contribution in [2.24, 2.45) is 0 Å². The minimum Gasteiger partial charge on any atom is -0.493 e. The van der Waals surface area contributed by atoms with E-state index in [1.165, 1.54) is 19.2 Å². The number of halogens is 1. The summed E-state index contributed by atoms with van der Waals surface area (Å²) in [6.07, 6.45) is -0.621. The number of piperidine rings is 1. The van der Waals surface area contributed by atoms with Crippen molar-refractivity contribution in [3.05, 3.63) is 18.2 Å². The number of carbonyl (C=O) groups is 2. The number of amides is 2. The van der Waals surface area contributed by atoms with Gasteiger partial charge in [0.2, 0.25) is 5.91 Å². The summed E-state index contributed by atoms with van der Waals surface area (Å²) in [5, 5.41) is 2.11. The highest BCUT2D eigenvalue weighted by atomic mass is 32.3. The lowest BCUT2D eigenvalue weighted by molar-refractivity contribution is -0.138. The van der Waals surface area contributed by atoms with Crippen LogP contribution in [0, 0.1) is 0 Å². The highest BCUT2D eigenvalue weighted by Crippen LogP contribution is 2.33. The summed E-state index contributed by atoms with van der Waals surface area (Å²) >= 11 is 0. The minimum atomic E-state index is -5.24. The fourth-order valence-electron chi connectivity index (χ4n) is 1.85. The molecule has 1 aromatic carbocycles. The summed E-state index contributed by atoms with van der Waals surface area (Å²) in [4.78, 5) is 22.6. The van der Waals surface area contributed by atoms with Crippen LogP contribution in [0.15, 0.2) is 18.2 Å². The Labute approximate surface area is 127 Å². The minimum absolute atomic E-state index is 0. The van der Waals surface area contributed by atoms with Crippen LogP contribution in [0.1, 0.15) is 14.3 Å². The number of methoxy groups -OCH3 is 1. The topological polar surface area (TPSA) is 108 Å². The summed E-state index contributed by atoms with van der Waals surface area (Å²) in [5.41, 5.74) is 0. The molecule has 0 spiro atoms. The van der Waals surface area contributed by atoms with Crippen LogP contribution in [0.4, 0.5) is 3.89 Å². The maximum absolute atomic E-state index is 12.6. The first kappa shape index (κ1) is 16.0. The lowest BCUT2D eigenvalue weighted by Gasteiger charge is -2.22. The Morgan fingerprint density at radius 1 is 1.32 bits per heavy atom. The van der Waals surface area contributed by atoms with Gasteiger partial charge in [-0.25, -0.2) is 0 Å². The second-order valence-electron chi connectivity index (χ2n) is 4.35. The predicted molar refractivity (Wildman–Crippen MR) is 72.6 cm³/mol. The Bertz CT molecular complexity index is 709. The Kier molecular flexibility index (Phi) is 4.50. The molecule has 0 saturated carbocycles. The van der Waals surface area contributed by atoms with Gasteiger partial charge in [0.05, 0.1) is 7.11 Å². The van der Waals surface area contributed by atoms with E-state index in [1.54, 1.807) is 0 Å². The molecule has 0 aromatic heterocycles. The molecule has 22 heavy (non-hydrogen) atoms. The third-order valence-corrected chi connectivity index (χ3v) is 3.17. The van der Waals surface area contributed by atoms with E-state index in [9.17, 15) is 21.9 Å². The molecule has 8 nitrogen and oxygen atoms in total. The molecule has 10 heteroatoms. The molecule has 1 unspecified atom stereocenters. The molecule has 122 valence electrons. The number of hydrogen-bond acceptors (Lipinski definition) is 7. The maximum atomic E-state index is 12.6. The zero-order valence-electron chi connectivity index (χ0n) is 11.4. The molecule has 1 aliphatic heterocycles. The van der Waals surface area contributed by atoms with Gasteiger partial charge in [0.15, 0.2) is 17.6 Å². The van der Waals surface area contributed by atoms with Gasteiger partial charge in [0.1, 0.15) is 5.75 Å². The molecule has 1 heterocycles. The van der Waals surface area contributed by atoms with E-state index >= 15 is 0 Å². The SMILES string of the molecule is COc1ccc(OC2CCC(=O)NC2=O)cc1OS(=O)(=O)F.[HH]. The maximum Gasteiger partial charge on any atom is 0.488 e. The summed E-state index contributed by atoms with van der Waals surface area (Å²) in [6.45, 7) is 0. The van der Waals surface area contributed by atoms with Crippen LogP contribution in [0.25, 0.3) is 0 Å². The average molecular weight is 335 g/mol. The largest absolute Gasteiger partial charge is 0.493 e. The highest BCUT2D eigenvalue weighted by Gasteiger charge is 2.28. The van der Waals surface area contributed by atoms with Crippen LogP contribution < -0.4 is 19.0 Å². The first-order chi connectivity index (χ1) is 10.3. The van der Waals surface area contributed by atoms with Gasteiger partial charge >= 0.3 is 10.5 Å². The van der Waals surface area contributed by atoms with Crippen LogP contribution in [-0.4, -0.2) is 33.4 Å². The Balaban J connectivity index is 0.00000264. The van der Waals surface area contributed by atoms with Crippen molar-refractivity contribution in [3.8, 4) is 17.2 Å². The van der Waals surface area contributed by atoms with E-state index in [-0.39, 0.29) is 25.8 Å². The van der Waals surface area contributed by atoms with Gasteiger partial charge in [-0.05, 0) is 12.1 Å². The molecule has 0 aliphatic carbocycles. The fourth-order valence-corrected chi connectivity index (χ4v) is 2.20. The third-order valence-electron chi connectivity index (χ3n) is 2.79. The lowest BCUT2D eigenvalue weighted by Crippen LogP contribution is -2.46. The van der Waals surface area contributed by atoms with E-state index in [2.05, 4.69) is 9.50 Å². The Morgan fingerprint density at radius 2 is 2.05 bits per heavy atom. The van der Waals surface area contributed by atoms with E-state index in [0.29, 0.717) is 0 Å². The molecule has 1 aliphatic rings. The Hall–Kier alpha value is -2.36. The summed E-state index contributed by atoms with van der Waals surface area (Å²) in [7, 11) is -3.99. The molecule has 2 rings (SSSR count). The van der Waals surface area contributed by atoms with Crippen molar-refractivity contribution in [3.63, 3.8) is 0 Å². The fraction of sp³-hybridized carbons (Fsp3) is 0.333. The van der Waals surface area contributed by atoms with Gasteiger partial charge in [0.25, 0.3) is 5.91 Å². The zero-order chi connectivity index (χ0) is 16.3. The standard InChI is InChI=1S/C12H12FNO7S.H2/c1-19-8-3-2-7(6-10(8)21-22(13,17)18)20-9-4-5-11(15)14-12(9)16;/h2-3,6,9H,4-5H2,1H3,(H,14,15,16);1H. The van der Waals surface area contributed by atoms with E-state index in [1.807, 2.05) is 0 Å². The van der Waals surface area contributed by atoms with Crippen LogP contribution in [0.2, 0.25) is 0 Å². The first-order valence-electron chi connectivity index (χ1n) is 6.11. The van der Waals surface area contributed by atoms with Gasteiger partial charge < -0.3 is 13.7 Å². The summed E-state index contributed by atoms with van der Waals surface area (Å²) in [6, 6.07) is 3.75. The number of nitrogens with one attached hydrogen (secondary N) is 1. The summed E-state index contributed by atoms with van der Waals surface area (Å²) < 4.78 is 48.1.